The molecule has 0 fully saturated rings. The number of fused-ring (bicyclic) bond motifs is 8. The van der Waals surface area contributed by atoms with Crippen molar-refractivity contribution in [1.29, 1.82) is 0 Å². The van der Waals surface area contributed by atoms with Gasteiger partial charge in [-0.25, -0.2) is 0 Å². The van der Waals surface area contributed by atoms with Crippen LogP contribution in [0, 0.1) is 0 Å². The van der Waals surface area contributed by atoms with Gasteiger partial charge < -0.3 is 9.30 Å². The van der Waals surface area contributed by atoms with E-state index in [1.54, 1.807) is 0 Å². The molecule has 1 aromatic heterocycles. The van der Waals surface area contributed by atoms with Crippen LogP contribution in [0.25, 0.3) is 93.5 Å². The summed E-state index contributed by atoms with van der Waals surface area (Å²) in [7, 11) is 0. The fraction of sp³-hybridized carbons (Fsp3) is 0.0357. The summed E-state index contributed by atoms with van der Waals surface area (Å²) in [4.78, 5) is 0. The van der Waals surface area contributed by atoms with Gasteiger partial charge in [0.15, 0.2) is 0 Å². The maximum absolute atomic E-state index is 6.61. The molecule has 58 heavy (non-hydrogen) atoms. The van der Waals surface area contributed by atoms with Crippen LogP contribution in [-0.2, 0) is 0 Å². The van der Waals surface area contributed by atoms with Crippen LogP contribution in [0.2, 0.25) is 0 Å². The van der Waals surface area contributed by atoms with Crippen LogP contribution in [0.4, 0.5) is 0 Å². The molecular weight excluding hydrogens is 703 g/mol. The predicted molar refractivity (Wildman–Crippen MR) is 243 cm³/mol. The Morgan fingerprint density at radius 2 is 0.931 bits per heavy atom. The van der Waals surface area contributed by atoms with E-state index in [4.69, 9.17) is 4.74 Å². The third-order valence-electron chi connectivity index (χ3n) is 12.3. The van der Waals surface area contributed by atoms with Crippen LogP contribution in [-0.4, -0.2) is 10.7 Å². The Kier molecular flexibility index (Phi) is 7.39. The fourth-order valence-electron chi connectivity index (χ4n) is 9.75. The van der Waals surface area contributed by atoms with Crippen molar-refractivity contribution in [1.82, 2.24) is 4.57 Å². The summed E-state index contributed by atoms with van der Waals surface area (Å²) in [5.41, 5.74) is 14.5. The molecule has 2 unspecified atom stereocenters. The quantitative estimate of drug-likeness (QED) is 0.160. The molecule has 0 radical (unpaired) electrons. The van der Waals surface area contributed by atoms with E-state index in [0.717, 1.165) is 16.9 Å². The minimum Gasteiger partial charge on any atom is -0.484 e. The van der Waals surface area contributed by atoms with Crippen LogP contribution >= 0.6 is 0 Å². The van der Waals surface area contributed by atoms with Crippen LogP contribution in [0.5, 0.6) is 5.75 Å². The standard InChI is InChI=1S/C56H37NO/c1-2-19-41(20-3-1)57-51-29-10-8-21-43(51)50-35-37(31-32-52(50)57)36-15-12-17-39(33-36)54-45-23-4-6-25-47(45)55(48-26-7-5-24-46(48)54)40-18-13-16-38(34-40)42-27-14-28-49-44-22-9-11-30-53(44)58-56(42)49/h1-35,44,53H. The predicted octanol–water partition coefficient (Wildman–Crippen LogP) is 14.7. The van der Waals surface area contributed by atoms with Gasteiger partial charge in [0, 0.05) is 33.5 Å². The molecule has 272 valence electrons. The van der Waals surface area contributed by atoms with Crippen molar-refractivity contribution >= 4 is 43.4 Å². The first-order chi connectivity index (χ1) is 28.8. The molecule has 1 aliphatic heterocycles. The highest BCUT2D eigenvalue weighted by molar-refractivity contribution is 6.21. The number of hydrogen-bond donors (Lipinski definition) is 0. The van der Waals surface area contributed by atoms with Crippen molar-refractivity contribution in [2.75, 3.05) is 0 Å². The van der Waals surface area contributed by atoms with E-state index < -0.39 is 0 Å². The number of aromatic nitrogens is 1. The van der Waals surface area contributed by atoms with E-state index in [1.807, 2.05) is 0 Å². The molecular formula is C56H37NO. The second-order valence-corrected chi connectivity index (χ2v) is 15.5. The van der Waals surface area contributed by atoms with Crippen molar-refractivity contribution in [2.45, 2.75) is 12.0 Å². The summed E-state index contributed by atoms with van der Waals surface area (Å²) in [5.74, 6) is 1.25. The van der Waals surface area contributed by atoms with E-state index in [0.29, 0.717) is 0 Å². The van der Waals surface area contributed by atoms with Gasteiger partial charge >= 0.3 is 0 Å². The van der Waals surface area contributed by atoms with Gasteiger partial charge in [-0.05, 0) is 109 Å². The van der Waals surface area contributed by atoms with Gasteiger partial charge in [0.1, 0.15) is 11.9 Å². The highest BCUT2D eigenvalue weighted by atomic mass is 16.5. The van der Waals surface area contributed by atoms with Gasteiger partial charge in [0.05, 0.1) is 11.0 Å². The van der Waals surface area contributed by atoms with Crippen LogP contribution < -0.4 is 4.74 Å². The van der Waals surface area contributed by atoms with Gasteiger partial charge in [-0.1, -0.05) is 164 Å². The van der Waals surface area contributed by atoms with Crippen molar-refractivity contribution < 1.29 is 4.74 Å². The van der Waals surface area contributed by atoms with Crippen LogP contribution in [0.1, 0.15) is 11.5 Å². The Morgan fingerprint density at radius 3 is 1.66 bits per heavy atom. The first-order valence-electron chi connectivity index (χ1n) is 20.2. The lowest BCUT2D eigenvalue weighted by Crippen LogP contribution is -2.15. The SMILES string of the molecule is C1=CC2Oc3c(-c4cccc(-c5c6ccccc6c(-c6cccc(-c7ccc8c(c7)c7ccccc7n8-c7ccccc7)c6)c6ccccc56)c4)cccc3C2C=C1. The highest BCUT2D eigenvalue weighted by Crippen LogP contribution is 2.49. The number of rotatable bonds is 5. The molecule has 0 spiro atoms. The Morgan fingerprint density at radius 1 is 0.379 bits per heavy atom. The summed E-state index contributed by atoms with van der Waals surface area (Å²) >= 11 is 0. The smallest absolute Gasteiger partial charge is 0.132 e. The number of hydrogen-bond acceptors (Lipinski definition) is 1. The Balaban J connectivity index is 1.01. The number of para-hydroxylation sites is 3. The molecule has 0 saturated carbocycles. The van der Waals surface area contributed by atoms with Gasteiger partial charge in [-0.15, -0.1) is 0 Å². The van der Waals surface area contributed by atoms with E-state index in [-0.39, 0.29) is 12.0 Å². The molecule has 10 aromatic rings. The topological polar surface area (TPSA) is 14.2 Å². The van der Waals surface area contributed by atoms with Gasteiger partial charge in [0.25, 0.3) is 0 Å². The zero-order valence-corrected chi connectivity index (χ0v) is 31.7. The second kappa shape index (κ2) is 13.1. The monoisotopic (exact) mass is 739 g/mol. The van der Waals surface area contributed by atoms with Gasteiger partial charge in [0.2, 0.25) is 0 Å². The summed E-state index contributed by atoms with van der Waals surface area (Å²) in [6.07, 6.45) is 8.71. The average Bonchev–Trinajstić information content (AvgIpc) is 3.84. The minimum atomic E-state index is 0.0488. The van der Waals surface area contributed by atoms with E-state index >= 15 is 0 Å². The second-order valence-electron chi connectivity index (χ2n) is 15.5. The lowest BCUT2D eigenvalue weighted by molar-refractivity contribution is 0.270. The molecule has 0 amide bonds. The molecule has 0 bridgehead atoms. The zero-order valence-electron chi connectivity index (χ0n) is 31.7. The van der Waals surface area contributed by atoms with Crippen LogP contribution in [0.3, 0.4) is 0 Å². The average molecular weight is 740 g/mol. The Labute approximate surface area is 337 Å². The first-order valence-corrected chi connectivity index (χ1v) is 20.2. The number of benzene rings is 9. The molecule has 0 saturated heterocycles. The maximum atomic E-state index is 6.61. The lowest BCUT2D eigenvalue weighted by Gasteiger charge is -2.19. The van der Waals surface area contributed by atoms with Crippen molar-refractivity contribution in [3.8, 4) is 55.9 Å². The molecule has 1 aliphatic carbocycles. The number of allylic oxidation sites excluding steroid dienone is 2. The molecule has 2 heterocycles. The van der Waals surface area contributed by atoms with Crippen LogP contribution in [0.15, 0.2) is 212 Å². The Hall–Kier alpha value is -7.42. The lowest BCUT2D eigenvalue weighted by atomic mass is 9.84. The molecule has 2 atom stereocenters. The van der Waals surface area contributed by atoms with Crippen molar-refractivity contribution in [3.63, 3.8) is 0 Å². The first kappa shape index (κ1) is 32.8. The summed E-state index contributed by atoms with van der Waals surface area (Å²) < 4.78 is 8.99. The van der Waals surface area contributed by atoms with Gasteiger partial charge in [-0.3, -0.25) is 0 Å². The molecule has 2 nitrogen and oxygen atoms in total. The van der Waals surface area contributed by atoms with E-state index in [1.165, 1.54) is 88.0 Å². The van der Waals surface area contributed by atoms with Crippen molar-refractivity contribution in [3.05, 3.63) is 218 Å². The van der Waals surface area contributed by atoms with Gasteiger partial charge in [-0.2, -0.15) is 0 Å². The largest absolute Gasteiger partial charge is 0.484 e. The molecule has 9 aromatic carbocycles. The molecule has 12 rings (SSSR count). The van der Waals surface area contributed by atoms with Crippen molar-refractivity contribution in [2.24, 2.45) is 0 Å². The number of nitrogens with zero attached hydrogens (tertiary/aromatic N) is 1. The van der Waals surface area contributed by atoms with E-state index in [2.05, 4.69) is 217 Å². The third-order valence-corrected chi connectivity index (χ3v) is 12.3. The zero-order chi connectivity index (χ0) is 38.2. The Bertz CT molecular complexity index is 3270. The van der Waals surface area contributed by atoms with E-state index in [9.17, 15) is 0 Å². The summed E-state index contributed by atoms with van der Waals surface area (Å²) in [6.45, 7) is 0. The maximum Gasteiger partial charge on any atom is 0.132 e. The molecule has 0 N–H and O–H groups in total. The summed E-state index contributed by atoms with van der Waals surface area (Å²) in [5, 5.41) is 7.48. The third kappa shape index (κ3) is 5.05. The normalized spacial score (nSPS) is 15.6. The number of ether oxygens (including phenoxy) is 1. The molecule has 2 aliphatic rings. The molecule has 2 heteroatoms. The summed E-state index contributed by atoms with van der Waals surface area (Å²) in [6, 6.07) is 68.9. The fourth-order valence-corrected chi connectivity index (χ4v) is 9.75. The minimum absolute atomic E-state index is 0.0488. The highest BCUT2D eigenvalue weighted by Gasteiger charge is 2.33.